The van der Waals surface area contributed by atoms with E-state index in [1.54, 1.807) is 0 Å². The molecular formula is C26H25N3. The summed E-state index contributed by atoms with van der Waals surface area (Å²) in [5.74, 6) is 0. The van der Waals surface area contributed by atoms with E-state index >= 15 is 0 Å². The lowest BCUT2D eigenvalue weighted by Crippen LogP contribution is -2.45. The topological polar surface area (TPSA) is 18.8 Å². The summed E-state index contributed by atoms with van der Waals surface area (Å²) in [4.78, 5) is 2.61. The fourth-order valence-electron chi connectivity index (χ4n) is 4.46. The molecule has 3 aromatic carbocycles. The van der Waals surface area contributed by atoms with Gasteiger partial charge in [0.1, 0.15) is 0 Å². The maximum Gasteiger partial charge on any atom is 0.0615 e. The summed E-state index contributed by atoms with van der Waals surface area (Å²) in [6.45, 7) is 3.95. The molecule has 1 saturated heterocycles. The third-order valence-electron chi connectivity index (χ3n) is 5.86. The molecule has 3 aromatic rings. The van der Waals surface area contributed by atoms with Gasteiger partial charge in [-0.25, -0.2) is 0 Å². The van der Waals surface area contributed by atoms with Crippen molar-refractivity contribution in [2.24, 2.45) is 5.10 Å². The number of allylic oxidation sites excluding steroid dienone is 1. The molecule has 29 heavy (non-hydrogen) atoms. The number of hydrogen-bond donors (Lipinski definition) is 0. The minimum absolute atomic E-state index is 0.367. The van der Waals surface area contributed by atoms with Gasteiger partial charge in [-0.3, -0.25) is 9.91 Å². The number of rotatable bonds is 4. The lowest BCUT2D eigenvalue weighted by Gasteiger charge is -2.37. The van der Waals surface area contributed by atoms with Crippen LogP contribution >= 0.6 is 0 Å². The van der Waals surface area contributed by atoms with Crippen molar-refractivity contribution in [1.29, 1.82) is 0 Å². The first-order valence-corrected chi connectivity index (χ1v) is 10.3. The van der Waals surface area contributed by atoms with Gasteiger partial charge in [-0.1, -0.05) is 84.9 Å². The molecular weight excluding hydrogens is 354 g/mol. The Labute approximate surface area is 172 Å². The maximum absolute atomic E-state index is 4.64. The van der Waals surface area contributed by atoms with Crippen molar-refractivity contribution in [3.05, 3.63) is 102 Å². The number of hydrazone groups is 1. The Morgan fingerprint density at radius 3 is 1.93 bits per heavy atom. The van der Waals surface area contributed by atoms with Gasteiger partial charge in [0.25, 0.3) is 0 Å². The van der Waals surface area contributed by atoms with E-state index in [-0.39, 0.29) is 0 Å². The Morgan fingerprint density at radius 1 is 0.690 bits per heavy atom. The third kappa shape index (κ3) is 3.62. The van der Waals surface area contributed by atoms with Crippen LogP contribution < -0.4 is 0 Å². The zero-order valence-electron chi connectivity index (χ0n) is 16.5. The van der Waals surface area contributed by atoms with Crippen LogP contribution in [-0.4, -0.2) is 42.3 Å². The Bertz CT molecular complexity index is 985. The van der Waals surface area contributed by atoms with Crippen molar-refractivity contribution in [3.8, 4) is 11.1 Å². The zero-order valence-corrected chi connectivity index (χ0v) is 16.5. The van der Waals surface area contributed by atoms with E-state index in [0.717, 1.165) is 26.2 Å². The van der Waals surface area contributed by atoms with Crippen molar-refractivity contribution in [3.63, 3.8) is 0 Å². The molecule has 0 spiro atoms. The van der Waals surface area contributed by atoms with Gasteiger partial charge in [-0.15, -0.1) is 0 Å². The first kappa shape index (κ1) is 17.9. The molecule has 0 atom stereocenters. The largest absolute Gasteiger partial charge is 0.294 e. The fourth-order valence-corrected chi connectivity index (χ4v) is 4.46. The Kier molecular flexibility index (Phi) is 4.97. The summed E-state index contributed by atoms with van der Waals surface area (Å²) in [5.41, 5.74) is 6.86. The number of piperazine rings is 1. The molecule has 1 aliphatic carbocycles. The van der Waals surface area contributed by atoms with Gasteiger partial charge in [0, 0.05) is 32.4 Å². The van der Waals surface area contributed by atoms with Crippen LogP contribution in [0.2, 0.25) is 0 Å². The Balaban J connectivity index is 1.25. The van der Waals surface area contributed by atoms with E-state index in [4.69, 9.17) is 0 Å². The second-order valence-electron chi connectivity index (χ2n) is 7.60. The van der Waals surface area contributed by atoms with Crippen LogP contribution in [0.25, 0.3) is 17.2 Å². The second-order valence-corrected chi connectivity index (χ2v) is 7.60. The summed E-state index contributed by atoms with van der Waals surface area (Å²) in [6.07, 6.45) is 6.01. The van der Waals surface area contributed by atoms with Crippen molar-refractivity contribution < 1.29 is 0 Å². The minimum Gasteiger partial charge on any atom is -0.294 e. The quantitative estimate of drug-likeness (QED) is 0.589. The standard InChI is InChI=1S/C26H25N3/c1-2-9-21(10-3-1)11-8-16-27-29-19-17-28(18-20-29)26-24-14-6-4-12-22(24)23-13-5-7-15-25(23)26/h1-16,26H,17-20H2/b11-8+,27-16-. The predicted molar refractivity (Wildman–Crippen MR) is 121 cm³/mol. The van der Waals surface area contributed by atoms with E-state index < -0.39 is 0 Å². The van der Waals surface area contributed by atoms with Crippen LogP contribution in [-0.2, 0) is 0 Å². The van der Waals surface area contributed by atoms with E-state index in [1.165, 1.54) is 27.8 Å². The van der Waals surface area contributed by atoms with Crippen molar-refractivity contribution >= 4 is 12.3 Å². The molecule has 0 saturated carbocycles. The SMILES string of the molecule is C(/C=C/c1ccccc1)=N/N1CCN(C2c3ccccc3-c3ccccc32)CC1. The highest BCUT2D eigenvalue weighted by Gasteiger charge is 2.33. The molecule has 3 heteroatoms. The van der Waals surface area contributed by atoms with Crippen molar-refractivity contribution in [2.45, 2.75) is 6.04 Å². The van der Waals surface area contributed by atoms with E-state index in [1.807, 2.05) is 18.4 Å². The molecule has 0 aromatic heterocycles. The summed E-state index contributed by atoms with van der Waals surface area (Å²) in [7, 11) is 0. The Morgan fingerprint density at radius 2 is 1.28 bits per heavy atom. The molecule has 1 aliphatic heterocycles. The average molecular weight is 380 g/mol. The fraction of sp³-hybridized carbons (Fsp3) is 0.192. The molecule has 1 fully saturated rings. The lowest BCUT2D eigenvalue weighted by atomic mass is 10.0. The molecule has 5 rings (SSSR count). The summed E-state index contributed by atoms with van der Waals surface area (Å²) >= 11 is 0. The van der Waals surface area contributed by atoms with E-state index in [9.17, 15) is 0 Å². The van der Waals surface area contributed by atoms with Crippen molar-refractivity contribution in [2.75, 3.05) is 26.2 Å². The summed E-state index contributed by atoms with van der Waals surface area (Å²) < 4.78 is 0. The van der Waals surface area contributed by atoms with Gasteiger partial charge in [0.2, 0.25) is 0 Å². The molecule has 0 unspecified atom stereocenters. The summed E-state index contributed by atoms with van der Waals surface area (Å²) in [5, 5.41) is 6.82. The number of hydrogen-bond acceptors (Lipinski definition) is 3. The van der Waals surface area contributed by atoms with Crippen LogP contribution in [0.15, 0.2) is 90.0 Å². The molecule has 2 aliphatic rings. The summed E-state index contributed by atoms with van der Waals surface area (Å²) in [6, 6.07) is 28.4. The average Bonchev–Trinajstić information content (AvgIpc) is 3.12. The normalized spacial score (nSPS) is 17.2. The van der Waals surface area contributed by atoms with Gasteiger partial charge >= 0.3 is 0 Å². The maximum atomic E-state index is 4.64. The molecule has 0 bridgehead atoms. The van der Waals surface area contributed by atoms with E-state index in [2.05, 4.69) is 93.9 Å². The number of benzene rings is 3. The lowest BCUT2D eigenvalue weighted by molar-refractivity contribution is 0.114. The van der Waals surface area contributed by atoms with E-state index in [0.29, 0.717) is 6.04 Å². The predicted octanol–water partition coefficient (Wildman–Crippen LogP) is 5.07. The minimum atomic E-state index is 0.367. The first-order chi connectivity index (χ1) is 14.4. The van der Waals surface area contributed by atoms with Crippen LogP contribution in [0.1, 0.15) is 22.7 Å². The number of fused-ring (bicyclic) bond motifs is 3. The van der Waals surface area contributed by atoms with Gasteiger partial charge in [-0.2, -0.15) is 5.10 Å². The molecule has 3 nitrogen and oxygen atoms in total. The molecule has 0 amide bonds. The highest BCUT2D eigenvalue weighted by Crippen LogP contribution is 2.46. The third-order valence-corrected chi connectivity index (χ3v) is 5.86. The van der Waals surface area contributed by atoms with Crippen LogP contribution in [0, 0.1) is 0 Å². The van der Waals surface area contributed by atoms with Crippen LogP contribution in [0.4, 0.5) is 0 Å². The van der Waals surface area contributed by atoms with Gasteiger partial charge in [-0.05, 0) is 33.9 Å². The van der Waals surface area contributed by atoms with Gasteiger partial charge < -0.3 is 0 Å². The van der Waals surface area contributed by atoms with Gasteiger partial charge in [0.15, 0.2) is 0 Å². The molecule has 144 valence electrons. The highest BCUT2D eigenvalue weighted by molar-refractivity contribution is 5.79. The van der Waals surface area contributed by atoms with Crippen LogP contribution in [0.3, 0.4) is 0 Å². The Hall–Kier alpha value is -3.17. The number of nitrogens with zero attached hydrogens (tertiary/aromatic N) is 3. The van der Waals surface area contributed by atoms with Crippen LogP contribution in [0.5, 0.6) is 0 Å². The second kappa shape index (κ2) is 8.06. The molecule has 1 heterocycles. The van der Waals surface area contributed by atoms with Crippen molar-refractivity contribution in [1.82, 2.24) is 9.91 Å². The zero-order chi connectivity index (χ0) is 19.5. The smallest absolute Gasteiger partial charge is 0.0615 e. The highest BCUT2D eigenvalue weighted by atomic mass is 15.5. The monoisotopic (exact) mass is 379 g/mol. The first-order valence-electron chi connectivity index (χ1n) is 10.3. The van der Waals surface area contributed by atoms with Gasteiger partial charge in [0.05, 0.1) is 6.04 Å². The molecule has 0 radical (unpaired) electrons. The molecule has 0 N–H and O–H groups in total.